The molecule has 160 valence electrons. The zero-order valence-corrected chi connectivity index (χ0v) is 18.5. The quantitative estimate of drug-likeness (QED) is 0.558. The molecular weight excluding hydrogens is 386 g/mol. The number of benzene rings is 2. The van der Waals surface area contributed by atoms with E-state index in [4.69, 9.17) is 0 Å². The van der Waals surface area contributed by atoms with E-state index >= 15 is 0 Å². The molecule has 1 aliphatic heterocycles. The van der Waals surface area contributed by atoms with Gasteiger partial charge < -0.3 is 10.4 Å². The molecule has 0 unspecified atom stereocenters. The number of hydrogen-bond donors (Lipinski definition) is 2. The van der Waals surface area contributed by atoms with Crippen molar-refractivity contribution in [3.63, 3.8) is 0 Å². The second kappa shape index (κ2) is 8.52. The molecule has 4 rings (SSSR count). The molecule has 0 amide bonds. The largest absolute Gasteiger partial charge is 0.478 e. The molecule has 31 heavy (non-hydrogen) atoms. The van der Waals surface area contributed by atoms with E-state index in [9.17, 15) is 9.90 Å². The van der Waals surface area contributed by atoms with Gasteiger partial charge in [0.05, 0.1) is 23.5 Å². The number of likely N-dealkylation sites (N-methyl/N-ethyl adjacent to an activating group) is 1. The van der Waals surface area contributed by atoms with E-state index in [2.05, 4.69) is 79.4 Å². The van der Waals surface area contributed by atoms with E-state index in [0.29, 0.717) is 18.2 Å². The van der Waals surface area contributed by atoms with Gasteiger partial charge in [0.25, 0.3) is 0 Å². The first kappa shape index (κ1) is 21.1. The van der Waals surface area contributed by atoms with Crippen LogP contribution in [0.2, 0.25) is 0 Å². The van der Waals surface area contributed by atoms with E-state index in [-0.39, 0.29) is 11.6 Å². The van der Waals surface area contributed by atoms with Crippen molar-refractivity contribution in [2.24, 2.45) is 0 Å². The molecule has 3 aromatic rings. The number of anilines is 1. The van der Waals surface area contributed by atoms with Crippen LogP contribution in [0.25, 0.3) is 11.1 Å². The van der Waals surface area contributed by atoms with Crippen LogP contribution in [0.3, 0.4) is 0 Å². The highest BCUT2D eigenvalue weighted by atomic mass is 16.4. The van der Waals surface area contributed by atoms with E-state index in [1.165, 1.54) is 45.6 Å². The van der Waals surface area contributed by atoms with Gasteiger partial charge in [0.1, 0.15) is 0 Å². The number of aromatic nitrogens is 1. The number of carbonyl (C=O) groups is 1. The van der Waals surface area contributed by atoms with Crippen LogP contribution in [0.15, 0.2) is 54.9 Å². The van der Waals surface area contributed by atoms with Gasteiger partial charge in [-0.3, -0.25) is 9.88 Å². The predicted octanol–water partition coefficient (Wildman–Crippen LogP) is 5.48. The van der Waals surface area contributed by atoms with Gasteiger partial charge in [0.15, 0.2) is 0 Å². The van der Waals surface area contributed by atoms with Crippen LogP contribution < -0.4 is 5.32 Å². The third-order valence-corrected chi connectivity index (χ3v) is 6.22. The maximum Gasteiger partial charge on any atom is 0.337 e. The van der Waals surface area contributed by atoms with Gasteiger partial charge >= 0.3 is 5.97 Å². The first-order valence-corrected chi connectivity index (χ1v) is 10.7. The molecule has 0 radical (unpaired) electrons. The molecule has 0 saturated heterocycles. The molecule has 5 heteroatoms. The Morgan fingerprint density at radius 2 is 2.03 bits per heavy atom. The van der Waals surface area contributed by atoms with Crippen LogP contribution in [-0.2, 0) is 6.54 Å². The topological polar surface area (TPSA) is 65.5 Å². The molecule has 0 bridgehead atoms. The lowest BCUT2D eigenvalue weighted by atomic mass is 9.92. The average Bonchev–Trinajstić information content (AvgIpc) is 3.06. The summed E-state index contributed by atoms with van der Waals surface area (Å²) in [4.78, 5) is 17.8. The number of hydrogen-bond acceptors (Lipinski definition) is 4. The normalized spacial score (nSPS) is 15.8. The standard InChI is InChI=1S/C26H29N3O2/c1-16(2)18-5-7-21(17(3)11-18)19-6-8-22-20(12-19)15-29(4)25(22)14-28-24-13-27-10-9-23(24)26(30)31/h5-13,16,25,28H,14-15H2,1-4H3,(H,30,31)/t25-/m0/s1. The Labute approximate surface area is 183 Å². The van der Waals surface area contributed by atoms with Crippen LogP contribution in [0.1, 0.15) is 58.4 Å². The SMILES string of the molecule is Cc1cc(C(C)C)ccc1-c1ccc2c(c1)CN(C)[C@H]2CNc1cnccc1C(=O)O. The van der Waals surface area contributed by atoms with E-state index in [0.717, 1.165) is 6.54 Å². The number of aromatic carboxylic acids is 1. The Kier molecular flexibility index (Phi) is 5.79. The fraction of sp³-hybridized carbons (Fsp3) is 0.308. The van der Waals surface area contributed by atoms with Gasteiger partial charge in [0, 0.05) is 19.3 Å². The molecule has 1 aliphatic rings. The lowest BCUT2D eigenvalue weighted by molar-refractivity contribution is 0.0697. The van der Waals surface area contributed by atoms with Gasteiger partial charge in [-0.15, -0.1) is 0 Å². The Bertz CT molecular complexity index is 1120. The zero-order chi connectivity index (χ0) is 22.1. The van der Waals surface area contributed by atoms with Crippen LogP contribution >= 0.6 is 0 Å². The summed E-state index contributed by atoms with van der Waals surface area (Å²) >= 11 is 0. The number of fused-ring (bicyclic) bond motifs is 1. The minimum absolute atomic E-state index is 0.176. The Morgan fingerprint density at radius 3 is 2.74 bits per heavy atom. The van der Waals surface area contributed by atoms with Crippen molar-refractivity contribution in [2.45, 2.75) is 39.3 Å². The molecule has 0 aliphatic carbocycles. The van der Waals surface area contributed by atoms with Crippen molar-refractivity contribution in [3.05, 3.63) is 82.7 Å². The molecule has 1 atom stereocenters. The third kappa shape index (κ3) is 4.19. The highest BCUT2D eigenvalue weighted by molar-refractivity contribution is 5.93. The smallest absolute Gasteiger partial charge is 0.337 e. The van der Waals surface area contributed by atoms with Crippen molar-refractivity contribution in [3.8, 4) is 11.1 Å². The number of aryl methyl sites for hydroxylation is 1. The number of nitrogens with one attached hydrogen (secondary N) is 1. The molecule has 0 fully saturated rings. The highest BCUT2D eigenvalue weighted by Crippen LogP contribution is 2.36. The summed E-state index contributed by atoms with van der Waals surface area (Å²) < 4.78 is 0. The van der Waals surface area contributed by atoms with Crippen LogP contribution in [0.4, 0.5) is 5.69 Å². The number of carboxylic acids is 1. The summed E-state index contributed by atoms with van der Waals surface area (Å²) in [5, 5.41) is 12.7. The number of pyridine rings is 1. The first-order valence-electron chi connectivity index (χ1n) is 10.7. The molecule has 0 spiro atoms. The van der Waals surface area contributed by atoms with Crippen molar-refractivity contribution >= 4 is 11.7 Å². The fourth-order valence-corrected chi connectivity index (χ4v) is 4.42. The lowest BCUT2D eigenvalue weighted by Gasteiger charge is -2.22. The minimum atomic E-state index is -0.950. The summed E-state index contributed by atoms with van der Waals surface area (Å²) in [7, 11) is 2.11. The number of nitrogens with zero attached hydrogens (tertiary/aromatic N) is 2. The van der Waals surface area contributed by atoms with Crippen molar-refractivity contribution in [1.82, 2.24) is 9.88 Å². The van der Waals surface area contributed by atoms with E-state index in [1.807, 2.05) is 0 Å². The van der Waals surface area contributed by atoms with Gasteiger partial charge in [-0.2, -0.15) is 0 Å². The Hall–Kier alpha value is -3.18. The number of carboxylic acid groups (broad SMARTS) is 1. The maximum absolute atomic E-state index is 11.5. The Morgan fingerprint density at radius 1 is 1.23 bits per heavy atom. The third-order valence-electron chi connectivity index (χ3n) is 6.22. The monoisotopic (exact) mass is 415 g/mol. The maximum atomic E-state index is 11.5. The number of rotatable bonds is 6. The molecule has 2 N–H and O–H groups in total. The minimum Gasteiger partial charge on any atom is -0.478 e. The predicted molar refractivity (Wildman–Crippen MR) is 125 cm³/mol. The van der Waals surface area contributed by atoms with Crippen molar-refractivity contribution in [2.75, 3.05) is 18.9 Å². The summed E-state index contributed by atoms with van der Waals surface area (Å²) in [5.74, 6) is -0.426. The average molecular weight is 416 g/mol. The Balaban J connectivity index is 1.57. The molecule has 1 aromatic heterocycles. The fourth-order valence-electron chi connectivity index (χ4n) is 4.42. The van der Waals surface area contributed by atoms with Gasteiger partial charge in [-0.25, -0.2) is 4.79 Å². The van der Waals surface area contributed by atoms with Gasteiger partial charge in [-0.1, -0.05) is 44.2 Å². The molecule has 2 heterocycles. The second-order valence-electron chi connectivity index (χ2n) is 8.68. The molecular formula is C26H29N3O2. The van der Waals surface area contributed by atoms with E-state index in [1.54, 1.807) is 6.20 Å². The van der Waals surface area contributed by atoms with Crippen molar-refractivity contribution in [1.29, 1.82) is 0 Å². The zero-order valence-electron chi connectivity index (χ0n) is 18.5. The van der Waals surface area contributed by atoms with Crippen LogP contribution in [0, 0.1) is 6.92 Å². The summed E-state index contributed by atoms with van der Waals surface area (Å²) in [5.41, 5.74) is 8.59. The van der Waals surface area contributed by atoms with Gasteiger partial charge in [0.2, 0.25) is 0 Å². The lowest BCUT2D eigenvalue weighted by Crippen LogP contribution is -2.24. The second-order valence-corrected chi connectivity index (χ2v) is 8.68. The van der Waals surface area contributed by atoms with Gasteiger partial charge in [-0.05, 0) is 65.4 Å². The summed E-state index contributed by atoms with van der Waals surface area (Å²) in [6.45, 7) is 8.12. The first-order chi connectivity index (χ1) is 14.8. The summed E-state index contributed by atoms with van der Waals surface area (Å²) in [6.07, 6.45) is 3.08. The summed E-state index contributed by atoms with van der Waals surface area (Å²) in [6, 6.07) is 15.2. The van der Waals surface area contributed by atoms with Crippen LogP contribution in [-0.4, -0.2) is 34.6 Å². The molecule has 5 nitrogen and oxygen atoms in total. The van der Waals surface area contributed by atoms with Crippen LogP contribution in [0.5, 0.6) is 0 Å². The molecule has 2 aromatic carbocycles. The molecule has 0 saturated carbocycles. The van der Waals surface area contributed by atoms with E-state index < -0.39 is 5.97 Å². The van der Waals surface area contributed by atoms with Crippen molar-refractivity contribution < 1.29 is 9.90 Å². The highest BCUT2D eigenvalue weighted by Gasteiger charge is 2.28.